The number of carboxylic acids is 1. The number of amides is 2. The maximum absolute atomic E-state index is 13.0. The highest BCUT2D eigenvalue weighted by Crippen LogP contribution is 2.31. The molecule has 0 bridgehead atoms. The molecule has 0 radical (unpaired) electrons. The molecule has 8 nitrogen and oxygen atoms in total. The maximum atomic E-state index is 13.0. The molecule has 4 unspecified atom stereocenters. The first-order valence-corrected chi connectivity index (χ1v) is 11.6. The fraction of sp³-hybridized carbons (Fsp3) is 0.385. The van der Waals surface area contributed by atoms with Gasteiger partial charge in [-0.3, -0.25) is 19.2 Å². The highest BCUT2D eigenvalue weighted by Gasteiger charge is 2.44. The van der Waals surface area contributed by atoms with Crippen LogP contribution in [0.4, 0.5) is 0 Å². The summed E-state index contributed by atoms with van der Waals surface area (Å²) in [7, 11) is 0. The fourth-order valence-corrected chi connectivity index (χ4v) is 4.91. The first kappa shape index (κ1) is 23.6. The van der Waals surface area contributed by atoms with Gasteiger partial charge >= 0.3 is 5.97 Å². The van der Waals surface area contributed by atoms with Crippen LogP contribution in [-0.4, -0.2) is 53.3 Å². The number of benzene rings is 2. The monoisotopic (exact) mass is 463 g/mol. The normalized spacial score (nSPS) is 25.0. The van der Waals surface area contributed by atoms with E-state index >= 15 is 0 Å². The van der Waals surface area contributed by atoms with Crippen LogP contribution in [0.3, 0.4) is 0 Å². The molecule has 1 heterocycles. The molecule has 8 heteroatoms. The first-order valence-electron chi connectivity index (χ1n) is 11.6. The van der Waals surface area contributed by atoms with Gasteiger partial charge in [0.05, 0.1) is 0 Å². The van der Waals surface area contributed by atoms with Gasteiger partial charge in [-0.05, 0) is 43.4 Å². The number of piperidine rings is 1. The van der Waals surface area contributed by atoms with Crippen LogP contribution in [0.1, 0.15) is 36.5 Å². The second-order valence-electron chi connectivity index (χ2n) is 9.04. The van der Waals surface area contributed by atoms with Crippen molar-refractivity contribution in [1.82, 2.24) is 16.0 Å². The third-order valence-electron chi connectivity index (χ3n) is 6.79. The van der Waals surface area contributed by atoms with Crippen molar-refractivity contribution in [2.45, 2.75) is 44.3 Å². The van der Waals surface area contributed by atoms with Gasteiger partial charge in [0.2, 0.25) is 5.91 Å². The van der Waals surface area contributed by atoms with E-state index in [0.29, 0.717) is 24.8 Å². The SMILES string of the molecule is C[C@H](NC(=O)c1ccccc1-c1ccccc1)C(=O)NC1CCC2NCC(C(=O)O)C(=O)C2C1. The Morgan fingerprint density at radius 2 is 1.74 bits per heavy atom. The van der Waals surface area contributed by atoms with Gasteiger partial charge in [0.1, 0.15) is 12.0 Å². The van der Waals surface area contributed by atoms with Gasteiger partial charge in [-0.25, -0.2) is 0 Å². The molecule has 1 aliphatic heterocycles. The molecule has 178 valence electrons. The van der Waals surface area contributed by atoms with Gasteiger partial charge in [0, 0.05) is 30.1 Å². The summed E-state index contributed by atoms with van der Waals surface area (Å²) in [6.07, 6.45) is 1.75. The highest BCUT2D eigenvalue weighted by molar-refractivity contribution is 6.03. The Bertz CT molecular complexity index is 1090. The molecule has 4 rings (SSSR count). The van der Waals surface area contributed by atoms with E-state index in [0.717, 1.165) is 11.1 Å². The van der Waals surface area contributed by atoms with E-state index in [1.807, 2.05) is 42.5 Å². The lowest BCUT2D eigenvalue weighted by atomic mass is 9.73. The van der Waals surface area contributed by atoms with E-state index in [1.54, 1.807) is 19.1 Å². The van der Waals surface area contributed by atoms with Crippen LogP contribution in [0.25, 0.3) is 11.1 Å². The Morgan fingerprint density at radius 1 is 1.03 bits per heavy atom. The van der Waals surface area contributed by atoms with E-state index < -0.39 is 23.8 Å². The Labute approximate surface area is 198 Å². The number of ketones is 1. The molecule has 5 atom stereocenters. The van der Waals surface area contributed by atoms with Crippen molar-refractivity contribution in [2.24, 2.45) is 11.8 Å². The summed E-state index contributed by atoms with van der Waals surface area (Å²) in [5.74, 6) is -3.54. The average Bonchev–Trinajstić information content (AvgIpc) is 2.84. The van der Waals surface area contributed by atoms with Gasteiger partial charge in [0.25, 0.3) is 5.91 Å². The number of carbonyl (C=O) groups is 4. The molecule has 2 aromatic carbocycles. The van der Waals surface area contributed by atoms with Crippen molar-refractivity contribution in [1.29, 1.82) is 0 Å². The van der Waals surface area contributed by atoms with Crippen molar-refractivity contribution >= 4 is 23.6 Å². The maximum Gasteiger partial charge on any atom is 0.315 e. The van der Waals surface area contributed by atoms with Crippen LogP contribution in [0.2, 0.25) is 0 Å². The summed E-state index contributed by atoms with van der Waals surface area (Å²) in [6, 6.07) is 15.7. The topological polar surface area (TPSA) is 125 Å². The summed E-state index contributed by atoms with van der Waals surface area (Å²) in [6.45, 7) is 1.78. The standard InChI is InChI=1S/C26H29N3O5/c1-15(28-25(32)19-10-6-5-9-18(19)16-7-3-2-4-8-16)24(31)29-17-11-12-22-20(13-17)23(30)21(14-27-22)26(33)34/h2-10,15,17,20-22,27H,11-14H2,1H3,(H,28,32)(H,29,31)(H,33,34)/t15-,17?,20?,21?,22?/m0/s1. The zero-order valence-corrected chi connectivity index (χ0v) is 19.0. The van der Waals surface area contributed by atoms with E-state index in [-0.39, 0.29) is 36.2 Å². The molecule has 1 saturated heterocycles. The fourth-order valence-electron chi connectivity index (χ4n) is 4.91. The number of carboxylic acid groups (broad SMARTS) is 1. The van der Waals surface area contributed by atoms with Crippen molar-refractivity contribution in [3.05, 3.63) is 60.2 Å². The molecule has 1 aliphatic carbocycles. The molecule has 2 amide bonds. The van der Waals surface area contributed by atoms with Gasteiger partial charge in [-0.2, -0.15) is 0 Å². The number of hydrogen-bond donors (Lipinski definition) is 4. The number of rotatable bonds is 6. The lowest BCUT2D eigenvalue weighted by Crippen LogP contribution is -2.58. The van der Waals surface area contributed by atoms with Crippen LogP contribution in [0.5, 0.6) is 0 Å². The second-order valence-corrected chi connectivity index (χ2v) is 9.04. The molecule has 1 saturated carbocycles. The lowest BCUT2D eigenvalue weighted by Gasteiger charge is -2.41. The lowest BCUT2D eigenvalue weighted by molar-refractivity contribution is -0.150. The van der Waals surface area contributed by atoms with Crippen molar-refractivity contribution in [3.63, 3.8) is 0 Å². The third kappa shape index (κ3) is 5.02. The van der Waals surface area contributed by atoms with Crippen LogP contribution >= 0.6 is 0 Å². The molecule has 34 heavy (non-hydrogen) atoms. The predicted molar refractivity (Wildman–Crippen MR) is 126 cm³/mol. The minimum atomic E-state index is -1.12. The molecular formula is C26H29N3O5. The number of carbonyl (C=O) groups excluding carboxylic acids is 3. The summed E-state index contributed by atoms with van der Waals surface area (Å²) in [4.78, 5) is 49.8. The highest BCUT2D eigenvalue weighted by atomic mass is 16.4. The van der Waals surface area contributed by atoms with Crippen LogP contribution in [-0.2, 0) is 14.4 Å². The summed E-state index contributed by atoms with van der Waals surface area (Å²) in [5.41, 5.74) is 2.17. The molecule has 4 N–H and O–H groups in total. The minimum Gasteiger partial charge on any atom is -0.481 e. The molecule has 0 aromatic heterocycles. The summed E-state index contributed by atoms with van der Waals surface area (Å²) in [5, 5.41) is 18.2. The number of fused-ring (bicyclic) bond motifs is 1. The molecule has 0 spiro atoms. The van der Waals surface area contributed by atoms with Gasteiger partial charge < -0.3 is 21.1 Å². The quantitative estimate of drug-likeness (QED) is 0.486. The predicted octanol–water partition coefficient (Wildman–Crippen LogP) is 2.00. The van der Waals surface area contributed by atoms with Crippen molar-refractivity contribution in [2.75, 3.05) is 6.54 Å². The summed E-state index contributed by atoms with van der Waals surface area (Å²) >= 11 is 0. The Hall–Kier alpha value is -3.52. The van der Waals surface area contributed by atoms with Crippen LogP contribution in [0.15, 0.2) is 54.6 Å². The van der Waals surface area contributed by atoms with E-state index in [1.165, 1.54) is 0 Å². The average molecular weight is 464 g/mol. The molecular weight excluding hydrogens is 434 g/mol. The Morgan fingerprint density at radius 3 is 2.47 bits per heavy atom. The zero-order valence-electron chi connectivity index (χ0n) is 19.0. The minimum absolute atomic E-state index is 0.0529. The zero-order chi connectivity index (χ0) is 24.2. The smallest absolute Gasteiger partial charge is 0.315 e. The number of Topliss-reactive ketones (excluding diaryl/α,β-unsaturated/α-hetero) is 1. The Balaban J connectivity index is 1.37. The molecule has 2 aliphatic rings. The molecule has 2 aromatic rings. The van der Waals surface area contributed by atoms with Crippen molar-refractivity contribution < 1.29 is 24.3 Å². The van der Waals surface area contributed by atoms with Gasteiger partial charge in [-0.15, -0.1) is 0 Å². The largest absolute Gasteiger partial charge is 0.481 e. The van der Waals surface area contributed by atoms with Crippen molar-refractivity contribution in [3.8, 4) is 11.1 Å². The number of hydrogen-bond acceptors (Lipinski definition) is 5. The van der Waals surface area contributed by atoms with Gasteiger partial charge in [0.15, 0.2) is 5.78 Å². The Kier molecular flexibility index (Phi) is 7.07. The summed E-state index contributed by atoms with van der Waals surface area (Å²) < 4.78 is 0. The van der Waals surface area contributed by atoms with E-state index in [9.17, 15) is 24.3 Å². The van der Waals surface area contributed by atoms with Crippen LogP contribution < -0.4 is 16.0 Å². The first-order chi connectivity index (χ1) is 16.3. The second kappa shape index (κ2) is 10.2. The number of nitrogens with one attached hydrogen (secondary N) is 3. The van der Waals surface area contributed by atoms with Crippen LogP contribution in [0, 0.1) is 11.8 Å². The number of aliphatic carboxylic acids is 1. The van der Waals surface area contributed by atoms with E-state index in [4.69, 9.17) is 0 Å². The third-order valence-corrected chi connectivity index (χ3v) is 6.79. The van der Waals surface area contributed by atoms with E-state index in [2.05, 4.69) is 16.0 Å². The van der Waals surface area contributed by atoms with Gasteiger partial charge in [-0.1, -0.05) is 48.5 Å². The molecule has 2 fully saturated rings.